The number of hydrogen-bond donors (Lipinski definition) is 2. The third-order valence-electron chi connectivity index (χ3n) is 4.30. The third kappa shape index (κ3) is 2.34. The number of carbonyl (C=O) groups excluding carboxylic acids is 1. The van der Waals surface area contributed by atoms with E-state index in [9.17, 15) is 9.59 Å². The van der Waals surface area contributed by atoms with Gasteiger partial charge < -0.3 is 10.3 Å². The predicted molar refractivity (Wildman–Crippen MR) is 110 cm³/mol. The van der Waals surface area contributed by atoms with Crippen molar-refractivity contribution in [2.75, 3.05) is 5.32 Å². The molecule has 0 aliphatic carbocycles. The summed E-state index contributed by atoms with van der Waals surface area (Å²) in [5, 5.41) is 5.81. The Bertz CT molecular complexity index is 1350. The Morgan fingerprint density at radius 3 is 2.54 bits per heavy atom. The molecule has 0 spiro atoms. The van der Waals surface area contributed by atoms with Crippen LogP contribution in [0.3, 0.4) is 0 Å². The molecule has 0 bridgehead atoms. The van der Waals surface area contributed by atoms with Crippen LogP contribution in [0, 0.1) is 0 Å². The van der Waals surface area contributed by atoms with Gasteiger partial charge in [0, 0.05) is 27.4 Å². The molecule has 3 heterocycles. The van der Waals surface area contributed by atoms with Crippen molar-refractivity contribution in [1.29, 1.82) is 0 Å². The second-order valence-electron chi connectivity index (χ2n) is 5.94. The third-order valence-corrected chi connectivity index (χ3v) is 6.72. The minimum Gasteiger partial charge on any atom is -0.321 e. The molecule has 0 saturated carbocycles. The summed E-state index contributed by atoms with van der Waals surface area (Å²) >= 11 is 2.86. The van der Waals surface area contributed by atoms with Gasteiger partial charge in [-0.1, -0.05) is 36.4 Å². The number of H-pyrrole nitrogens is 1. The van der Waals surface area contributed by atoms with E-state index in [1.54, 1.807) is 0 Å². The van der Waals surface area contributed by atoms with E-state index >= 15 is 0 Å². The monoisotopic (exact) mass is 376 g/mol. The van der Waals surface area contributed by atoms with Gasteiger partial charge in [0.2, 0.25) is 0 Å². The number of hydrogen-bond acceptors (Lipinski definition) is 4. The highest BCUT2D eigenvalue weighted by Gasteiger charge is 2.18. The van der Waals surface area contributed by atoms with Crippen molar-refractivity contribution < 1.29 is 4.79 Å². The summed E-state index contributed by atoms with van der Waals surface area (Å²) in [5.74, 6) is -0.133. The number of carbonyl (C=O) groups is 1. The maximum Gasteiger partial charge on any atom is 0.266 e. The molecule has 2 N–H and O–H groups in total. The van der Waals surface area contributed by atoms with E-state index in [-0.39, 0.29) is 11.5 Å². The SMILES string of the molecule is O=C(Nc1ccccc1)c1cc2c(s1)sc1c(=O)[nH]c3ccccc3c12. The molecule has 0 saturated heterocycles. The van der Waals surface area contributed by atoms with E-state index in [0.717, 1.165) is 31.4 Å². The number of rotatable bonds is 2. The van der Waals surface area contributed by atoms with Gasteiger partial charge in [0.05, 0.1) is 8.89 Å². The van der Waals surface area contributed by atoms with Crippen molar-refractivity contribution in [1.82, 2.24) is 4.98 Å². The topological polar surface area (TPSA) is 62.0 Å². The predicted octanol–water partition coefficient (Wildman–Crippen LogP) is 5.21. The number of fused-ring (bicyclic) bond motifs is 5. The van der Waals surface area contributed by atoms with E-state index in [1.165, 1.54) is 22.7 Å². The van der Waals surface area contributed by atoms with Crippen LogP contribution in [-0.4, -0.2) is 10.9 Å². The van der Waals surface area contributed by atoms with Crippen LogP contribution in [0.1, 0.15) is 9.67 Å². The highest BCUT2D eigenvalue weighted by atomic mass is 32.2. The molecule has 0 fully saturated rings. The fourth-order valence-corrected chi connectivity index (χ4v) is 5.53. The van der Waals surface area contributed by atoms with Gasteiger partial charge in [-0.2, -0.15) is 0 Å². The summed E-state index contributed by atoms with van der Waals surface area (Å²) in [6.45, 7) is 0. The fraction of sp³-hybridized carbons (Fsp3) is 0. The van der Waals surface area contributed by atoms with E-state index < -0.39 is 0 Å². The average molecular weight is 376 g/mol. The molecule has 0 aliphatic rings. The van der Waals surface area contributed by atoms with Crippen molar-refractivity contribution in [3.05, 3.63) is 75.9 Å². The number of benzene rings is 2. The number of amides is 1. The summed E-state index contributed by atoms with van der Waals surface area (Å²) in [7, 11) is 0. The number of para-hydroxylation sites is 2. The zero-order chi connectivity index (χ0) is 17.7. The number of pyridine rings is 1. The first-order valence-corrected chi connectivity index (χ1v) is 9.67. The molecular formula is C20H12N2O2S2. The van der Waals surface area contributed by atoms with Crippen LogP contribution in [-0.2, 0) is 0 Å². The van der Waals surface area contributed by atoms with E-state index in [1.807, 2.05) is 60.7 Å². The lowest BCUT2D eigenvalue weighted by molar-refractivity contribution is 0.103. The van der Waals surface area contributed by atoms with Gasteiger partial charge in [-0.3, -0.25) is 9.59 Å². The largest absolute Gasteiger partial charge is 0.321 e. The van der Waals surface area contributed by atoms with Crippen molar-refractivity contribution in [3.8, 4) is 0 Å². The smallest absolute Gasteiger partial charge is 0.266 e. The Kier molecular flexibility index (Phi) is 3.41. The number of thiophene rings is 2. The maximum absolute atomic E-state index is 12.6. The Hall–Kier alpha value is -2.96. The van der Waals surface area contributed by atoms with Gasteiger partial charge in [0.25, 0.3) is 11.5 Å². The molecule has 26 heavy (non-hydrogen) atoms. The Balaban J connectivity index is 1.68. The molecule has 0 aliphatic heterocycles. The number of nitrogens with one attached hydrogen (secondary N) is 2. The molecule has 4 nitrogen and oxygen atoms in total. The average Bonchev–Trinajstić information content (AvgIpc) is 3.21. The molecule has 2 aromatic carbocycles. The molecule has 5 rings (SSSR count). The highest BCUT2D eigenvalue weighted by molar-refractivity contribution is 7.42. The molecule has 3 aromatic heterocycles. The van der Waals surface area contributed by atoms with E-state index in [4.69, 9.17) is 0 Å². The van der Waals surface area contributed by atoms with Crippen LogP contribution in [0.4, 0.5) is 5.69 Å². The molecule has 126 valence electrons. The first kappa shape index (κ1) is 15.3. The van der Waals surface area contributed by atoms with Crippen LogP contribution >= 0.6 is 22.7 Å². The van der Waals surface area contributed by atoms with Gasteiger partial charge in [-0.25, -0.2) is 0 Å². The molecular weight excluding hydrogens is 364 g/mol. The molecule has 0 unspecified atom stereocenters. The van der Waals surface area contributed by atoms with Gasteiger partial charge in [-0.15, -0.1) is 22.7 Å². The Morgan fingerprint density at radius 2 is 1.69 bits per heavy atom. The van der Waals surface area contributed by atoms with Crippen LogP contribution in [0.15, 0.2) is 65.5 Å². The van der Waals surface area contributed by atoms with Gasteiger partial charge in [0.1, 0.15) is 4.70 Å². The molecule has 1 amide bonds. The summed E-state index contributed by atoms with van der Waals surface area (Å²) in [4.78, 5) is 28.6. The van der Waals surface area contributed by atoms with Crippen LogP contribution < -0.4 is 10.9 Å². The zero-order valence-electron chi connectivity index (χ0n) is 13.4. The first-order valence-electron chi connectivity index (χ1n) is 8.04. The molecule has 6 heteroatoms. The van der Waals surface area contributed by atoms with Crippen LogP contribution in [0.5, 0.6) is 0 Å². The van der Waals surface area contributed by atoms with Crippen molar-refractivity contribution >= 4 is 64.7 Å². The summed E-state index contributed by atoms with van der Waals surface area (Å²) in [5.41, 5.74) is 1.49. The molecule has 0 atom stereocenters. The summed E-state index contributed by atoms with van der Waals surface area (Å²) in [6, 6.07) is 19.0. The van der Waals surface area contributed by atoms with E-state index in [2.05, 4.69) is 10.3 Å². The quantitative estimate of drug-likeness (QED) is 0.444. The van der Waals surface area contributed by atoms with Crippen molar-refractivity contribution in [2.24, 2.45) is 0 Å². The van der Waals surface area contributed by atoms with Crippen molar-refractivity contribution in [2.45, 2.75) is 0 Å². The second kappa shape index (κ2) is 5.79. The number of aromatic nitrogens is 1. The van der Waals surface area contributed by atoms with Gasteiger partial charge in [-0.05, 0) is 24.3 Å². The Morgan fingerprint density at radius 1 is 0.923 bits per heavy atom. The van der Waals surface area contributed by atoms with E-state index in [0.29, 0.717) is 9.58 Å². The van der Waals surface area contributed by atoms with Gasteiger partial charge >= 0.3 is 0 Å². The minimum absolute atomic E-state index is 0.0811. The maximum atomic E-state index is 12.6. The Labute approximate surface area is 155 Å². The zero-order valence-corrected chi connectivity index (χ0v) is 15.0. The second-order valence-corrected chi connectivity index (χ2v) is 8.27. The summed E-state index contributed by atoms with van der Waals surface area (Å²) in [6.07, 6.45) is 0. The molecule has 0 radical (unpaired) electrons. The lowest BCUT2D eigenvalue weighted by Gasteiger charge is -2.02. The van der Waals surface area contributed by atoms with Crippen molar-refractivity contribution in [3.63, 3.8) is 0 Å². The van der Waals surface area contributed by atoms with Gasteiger partial charge in [0.15, 0.2) is 0 Å². The molecule has 5 aromatic rings. The summed E-state index contributed by atoms with van der Waals surface area (Å²) < 4.78 is 1.69. The number of aromatic amines is 1. The standard InChI is InChI=1S/C20H12N2O2S2/c23-18(21-11-6-2-1-3-7-11)15-10-13-16-12-8-4-5-9-14(12)22-19(24)17(16)26-20(13)25-15/h1-10H,(H,21,23)(H,22,24). The normalized spacial score (nSPS) is 11.4. The lowest BCUT2D eigenvalue weighted by Crippen LogP contribution is -2.09. The first-order chi connectivity index (χ1) is 12.7. The highest BCUT2D eigenvalue weighted by Crippen LogP contribution is 2.40. The fourth-order valence-electron chi connectivity index (χ4n) is 3.13. The minimum atomic E-state index is -0.133. The van der Waals surface area contributed by atoms with Crippen LogP contribution in [0.2, 0.25) is 0 Å². The number of anilines is 1. The lowest BCUT2D eigenvalue weighted by atomic mass is 10.1. The van der Waals surface area contributed by atoms with Crippen LogP contribution in [0.25, 0.3) is 30.4 Å².